The maximum Gasteiger partial charge on any atom is 0.0801 e. The SMILES string of the molecule is CCCCC[NH+]1CCC(CCCC)C1.[Cl-]. The smallest absolute Gasteiger partial charge is 0.0801 e. The van der Waals surface area contributed by atoms with E-state index in [4.69, 9.17) is 0 Å². The van der Waals surface area contributed by atoms with Gasteiger partial charge in [-0.2, -0.15) is 0 Å². The van der Waals surface area contributed by atoms with Gasteiger partial charge in [-0.25, -0.2) is 0 Å². The Morgan fingerprint density at radius 2 is 1.80 bits per heavy atom. The molecule has 0 spiro atoms. The van der Waals surface area contributed by atoms with Gasteiger partial charge in [0.25, 0.3) is 0 Å². The van der Waals surface area contributed by atoms with Gasteiger partial charge in [-0.05, 0) is 19.3 Å². The molecule has 0 amide bonds. The minimum Gasteiger partial charge on any atom is -1.00 e. The fourth-order valence-corrected chi connectivity index (χ4v) is 2.61. The molecule has 0 bridgehead atoms. The third kappa shape index (κ3) is 6.42. The monoisotopic (exact) mass is 233 g/mol. The number of hydrogen-bond acceptors (Lipinski definition) is 0. The predicted octanol–water partition coefficient (Wildman–Crippen LogP) is -0.724. The zero-order chi connectivity index (χ0) is 10.2. The third-order valence-corrected chi connectivity index (χ3v) is 3.58. The molecule has 15 heavy (non-hydrogen) atoms. The van der Waals surface area contributed by atoms with Gasteiger partial charge >= 0.3 is 0 Å². The van der Waals surface area contributed by atoms with Crippen LogP contribution in [-0.2, 0) is 0 Å². The summed E-state index contributed by atoms with van der Waals surface area (Å²) in [6.07, 6.45) is 10.1. The highest BCUT2D eigenvalue weighted by molar-refractivity contribution is 4.62. The minimum absolute atomic E-state index is 0. The lowest BCUT2D eigenvalue weighted by atomic mass is 10.0. The Labute approximate surface area is 102 Å². The lowest BCUT2D eigenvalue weighted by Gasteiger charge is -2.12. The summed E-state index contributed by atoms with van der Waals surface area (Å²) >= 11 is 0. The molecule has 2 unspecified atom stereocenters. The van der Waals surface area contributed by atoms with E-state index in [9.17, 15) is 0 Å². The largest absolute Gasteiger partial charge is 1.00 e. The van der Waals surface area contributed by atoms with Crippen LogP contribution in [0.3, 0.4) is 0 Å². The van der Waals surface area contributed by atoms with Gasteiger partial charge in [-0.15, -0.1) is 0 Å². The van der Waals surface area contributed by atoms with Crippen LogP contribution in [0.25, 0.3) is 0 Å². The summed E-state index contributed by atoms with van der Waals surface area (Å²) in [5, 5.41) is 0. The van der Waals surface area contributed by atoms with E-state index in [1.54, 1.807) is 0 Å². The molecule has 0 aliphatic carbocycles. The van der Waals surface area contributed by atoms with E-state index >= 15 is 0 Å². The second-order valence-corrected chi connectivity index (χ2v) is 4.96. The number of rotatable bonds is 7. The Hall–Kier alpha value is 0.250. The second kappa shape index (κ2) is 9.47. The summed E-state index contributed by atoms with van der Waals surface area (Å²) in [5.41, 5.74) is 0. The number of hydrogen-bond donors (Lipinski definition) is 1. The van der Waals surface area contributed by atoms with Crippen LogP contribution in [0, 0.1) is 5.92 Å². The molecule has 0 aromatic carbocycles. The minimum atomic E-state index is 0. The summed E-state index contributed by atoms with van der Waals surface area (Å²) in [6.45, 7) is 8.97. The molecule has 1 heterocycles. The number of likely N-dealkylation sites (tertiary alicyclic amines) is 1. The van der Waals surface area contributed by atoms with Crippen molar-refractivity contribution >= 4 is 0 Å². The van der Waals surface area contributed by atoms with Crippen LogP contribution < -0.4 is 17.3 Å². The Morgan fingerprint density at radius 1 is 1.07 bits per heavy atom. The van der Waals surface area contributed by atoms with Crippen LogP contribution >= 0.6 is 0 Å². The quantitative estimate of drug-likeness (QED) is 0.554. The van der Waals surface area contributed by atoms with E-state index in [1.807, 2.05) is 4.90 Å². The zero-order valence-electron chi connectivity index (χ0n) is 10.5. The van der Waals surface area contributed by atoms with Crippen LogP contribution in [0.2, 0.25) is 0 Å². The van der Waals surface area contributed by atoms with E-state index in [2.05, 4.69) is 13.8 Å². The fraction of sp³-hybridized carbons (Fsp3) is 1.00. The highest BCUT2D eigenvalue weighted by Crippen LogP contribution is 2.13. The molecule has 0 radical (unpaired) electrons. The summed E-state index contributed by atoms with van der Waals surface area (Å²) in [5.74, 6) is 1.06. The third-order valence-electron chi connectivity index (χ3n) is 3.58. The molecule has 2 heteroatoms. The first-order valence-corrected chi connectivity index (χ1v) is 6.70. The second-order valence-electron chi connectivity index (χ2n) is 4.96. The molecule has 2 atom stereocenters. The summed E-state index contributed by atoms with van der Waals surface area (Å²) in [7, 11) is 0. The molecule has 0 aromatic heterocycles. The molecule has 1 rings (SSSR count). The van der Waals surface area contributed by atoms with E-state index in [0.29, 0.717) is 0 Å². The van der Waals surface area contributed by atoms with E-state index in [0.717, 1.165) is 5.92 Å². The van der Waals surface area contributed by atoms with Gasteiger partial charge in [0.2, 0.25) is 0 Å². The first-order chi connectivity index (χ1) is 6.86. The average molecular weight is 234 g/mol. The van der Waals surface area contributed by atoms with Gasteiger partial charge in [0.15, 0.2) is 0 Å². The molecule has 92 valence electrons. The molecule has 1 aliphatic heterocycles. The first-order valence-electron chi connectivity index (χ1n) is 6.70. The topological polar surface area (TPSA) is 4.44 Å². The van der Waals surface area contributed by atoms with Crippen molar-refractivity contribution in [3.8, 4) is 0 Å². The van der Waals surface area contributed by atoms with Crippen molar-refractivity contribution in [2.75, 3.05) is 19.6 Å². The predicted molar refractivity (Wildman–Crippen MR) is 62.7 cm³/mol. The lowest BCUT2D eigenvalue weighted by Crippen LogP contribution is -3.10. The van der Waals surface area contributed by atoms with Crippen LogP contribution in [-0.4, -0.2) is 19.6 Å². The normalized spacial score (nSPS) is 25.2. The average Bonchev–Trinajstić information content (AvgIpc) is 2.63. The van der Waals surface area contributed by atoms with Gasteiger partial charge in [0.05, 0.1) is 19.6 Å². The first kappa shape index (κ1) is 15.2. The molecule has 1 fully saturated rings. The standard InChI is InChI=1S/C13H27N.ClH/c1-3-5-7-10-14-11-9-13(12-14)8-6-4-2;/h13H,3-12H2,1-2H3;1H. The van der Waals surface area contributed by atoms with Crippen LogP contribution in [0.5, 0.6) is 0 Å². The van der Waals surface area contributed by atoms with Crippen LogP contribution in [0.15, 0.2) is 0 Å². The Bertz CT molecular complexity index is 138. The molecular formula is C13H28ClN. The Kier molecular flexibility index (Phi) is 9.63. The highest BCUT2D eigenvalue weighted by Gasteiger charge is 2.24. The molecule has 0 aromatic rings. The number of halogens is 1. The summed E-state index contributed by atoms with van der Waals surface area (Å²) in [6, 6.07) is 0. The van der Waals surface area contributed by atoms with Gasteiger partial charge in [-0.3, -0.25) is 0 Å². The van der Waals surface area contributed by atoms with Gasteiger partial charge in [0.1, 0.15) is 0 Å². The number of nitrogens with one attached hydrogen (secondary N) is 1. The van der Waals surface area contributed by atoms with E-state index < -0.39 is 0 Å². The van der Waals surface area contributed by atoms with Crippen LogP contribution in [0.4, 0.5) is 0 Å². The van der Waals surface area contributed by atoms with E-state index in [-0.39, 0.29) is 12.4 Å². The van der Waals surface area contributed by atoms with Crippen LogP contribution in [0.1, 0.15) is 58.8 Å². The molecular weight excluding hydrogens is 206 g/mol. The van der Waals surface area contributed by atoms with Crippen molar-refractivity contribution in [2.24, 2.45) is 5.92 Å². The van der Waals surface area contributed by atoms with Crippen molar-refractivity contribution < 1.29 is 17.3 Å². The number of unbranched alkanes of at least 4 members (excludes halogenated alkanes) is 3. The Morgan fingerprint density at radius 3 is 2.47 bits per heavy atom. The zero-order valence-corrected chi connectivity index (χ0v) is 11.3. The van der Waals surface area contributed by atoms with Crippen molar-refractivity contribution in [3.05, 3.63) is 0 Å². The lowest BCUT2D eigenvalue weighted by molar-refractivity contribution is -0.889. The highest BCUT2D eigenvalue weighted by atomic mass is 35.5. The van der Waals surface area contributed by atoms with Crippen molar-refractivity contribution in [1.82, 2.24) is 0 Å². The Balaban J connectivity index is 0.00000196. The maximum atomic E-state index is 2.31. The van der Waals surface area contributed by atoms with Gasteiger partial charge in [-0.1, -0.05) is 33.1 Å². The summed E-state index contributed by atoms with van der Waals surface area (Å²) < 4.78 is 0. The fourth-order valence-electron chi connectivity index (χ4n) is 2.61. The van der Waals surface area contributed by atoms with E-state index in [1.165, 1.54) is 64.6 Å². The maximum absolute atomic E-state index is 2.31. The molecule has 0 saturated carbocycles. The molecule has 1 N–H and O–H groups in total. The van der Waals surface area contributed by atoms with Crippen molar-refractivity contribution in [2.45, 2.75) is 58.8 Å². The van der Waals surface area contributed by atoms with Crippen molar-refractivity contribution in [1.29, 1.82) is 0 Å². The number of quaternary nitrogens is 1. The molecule has 1 aliphatic rings. The summed E-state index contributed by atoms with van der Waals surface area (Å²) in [4.78, 5) is 1.89. The van der Waals surface area contributed by atoms with Gasteiger partial charge < -0.3 is 17.3 Å². The van der Waals surface area contributed by atoms with Gasteiger partial charge in [0, 0.05) is 12.3 Å². The molecule has 1 nitrogen and oxygen atoms in total. The van der Waals surface area contributed by atoms with Crippen molar-refractivity contribution in [3.63, 3.8) is 0 Å². The molecule has 1 saturated heterocycles.